The first-order chi connectivity index (χ1) is 18.2. The summed E-state index contributed by atoms with van der Waals surface area (Å²) in [5, 5.41) is 40.6. The van der Waals surface area contributed by atoms with Gasteiger partial charge in [0, 0.05) is 23.1 Å². The molecule has 11 heteroatoms. The Bertz CT molecular complexity index is 1640. The maximum Gasteiger partial charge on any atom is 0.312 e. The van der Waals surface area contributed by atoms with Gasteiger partial charge in [-0.1, -0.05) is 0 Å². The lowest BCUT2D eigenvalue weighted by atomic mass is 9.84. The van der Waals surface area contributed by atoms with E-state index in [2.05, 4.69) is 0 Å². The minimum absolute atomic E-state index is 0.0432. The highest BCUT2D eigenvalue weighted by atomic mass is 16.5. The SMILES string of the molecule is COc1cc([C@@H]2CC(=O)Oc3cc(O)c4c(=O)c(O)c(-c5ccc(O)c(O)c5)oc4c32)cc(OC)c1OC. The lowest BCUT2D eigenvalue weighted by Gasteiger charge is -2.27. The van der Waals surface area contributed by atoms with Gasteiger partial charge in [-0.25, -0.2) is 0 Å². The molecule has 1 atom stereocenters. The molecule has 0 radical (unpaired) electrons. The summed E-state index contributed by atoms with van der Waals surface area (Å²) in [4.78, 5) is 25.8. The van der Waals surface area contributed by atoms with E-state index in [0.717, 1.165) is 18.2 Å². The summed E-state index contributed by atoms with van der Waals surface area (Å²) in [5.74, 6) is -3.06. The van der Waals surface area contributed by atoms with Crippen LogP contribution in [0.5, 0.6) is 46.0 Å². The molecule has 0 saturated heterocycles. The van der Waals surface area contributed by atoms with Gasteiger partial charge in [-0.2, -0.15) is 0 Å². The van der Waals surface area contributed by atoms with E-state index in [1.807, 2.05) is 0 Å². The van der Waals surface area contributed by atoms with Crippen molar-refractivity contribution in [1.29, 1.82) is 0 Å². The maximum atomic E-state index is 13.2. The van der Waals surface area contributed by atoms with Crippen LogP contribution in [0.3, 0.4) is 0 Å². The van der Waals surface area contributed by atoms with Crippen molar-refractivity contribution in [3.8, 4) is 57.3 Å². The molecule has 196 valence electrons. The van der Waals surface area contributed by atoms with Crippen molar-refractivity contribution in [3.05, 3.63) is 57.7 Å². The number of aromatic hydroxyl groups is 4. The van der Waals surface area contributed by atoms with E-state index in [0.29, 0.717) is 22.8 Å². The number of phenols is 3. The molecule has 4 aromatic rings. The zero-order valence-corrected chi connectivity index (χ0v) is 20.4. The van der Waals surface area contributed by atoms with Gasteiger partial charge in [0.15, 0.2) is 28.8 Å². The molecule has 11 nitrogen and oxygen atoms in total. The van der Waals surface area contributed by atoms with Gasteiger partial charge in [0.1, 0.15) is 22.5 Å². The third kappa shape index (κ3) is 3.76. The van der Waals surface area contributed by atoms with Crippen molar-refractivity contribution in [3.63, 3.8) is 0 Å². The first kappa shape index (κ1) is 24.6. The lowest BCUT2D eigenvalue weighted by molar-refractivity contribution is -0.135. The second-order valence-corrected chi connectivity index (χ2v) is 8.51. The highest BCUT2D eigenvalue weighted by Gasteiger charge is 2.35. The molecule has 2 heterocycles. The molecule has 1 aliphatic rings. The average molecular weight is 522 g/mol. The number of hydrogen-bond acceptors (Lipinski definition) is 11. The molecule has 0 unspecified atom stereocenters. The molecular weight excluding hydrogens is 500 g/mol. The number of benzene rings is 3. The van der Waals surface area contributed by atoms with Crippen LogP contribution in [0.15, 0.2) is 45.6 Å². The number of esters is 1. The number of hydrogen-bond donors (Lipinski definition) is 4. The zero-order chi connectivity index (χ0) is 27.3. The van der Waals surface area contributed by atoms with Gasteiger partial charge < -0.3 is 43.8 Å². The van der Waals surface area contributed by atoms with Crippen molar-refractivity contribution in [2.75, 3.05) is 21.3 Å². The van der Waals surface area contributed by atoms with Crippen molar-refractivity contribution < 1.29 is 48.6 Å². The molecule has 4 N–H and O–H groups in total. The number of carbonyl (C=O) groups is 1. The Labute approximate surface area is 214 Å². The Morgan fingerprint density at radius 2 is 1.53 bits per heavy atom. The summed E-state index contributed by atoms with van der Waals surface area (Å²) in [7, 11) is 4.34. The number of phenolic OH excluding ortho intramolecular Hbond substituents is 3. The van der Waals surface area contributed by atoms with Gasteiger partial charge in [-0.3, -0.25) is 9.59 Å². The zero-order valence-electron chi connectivity index (χ0n) is 20.4. The van der Waals surface area contributed by atoms with E-state index >= 15 is 0 Å². The Morgan fingerprint density at radius 1 is 0.842 bits per heavy atom. The van der Waals surface area contributed by atoms with E-state index in [9.17, 15) is 30.0 Å². The maximum absolute atomic E-state index is 13.2. The molecule has 0 fully saturated rings. The van der Waals surface area contributed by atoms with E-state index < -0.39 is 40.3 Å². The molecular formula is C27H22O11. The Balaban J connectivity index is 1.84. The molecule has 38 heavy (non-hydrogen) atoms. The molecule has 0 saturated carbocycles. The number of fused-ring (bicyclic) bond motifs is 3. The predicted octanol–water partition coefficient (Wildman–Crippen LogP) is 3.75. The third-order valence-corrected chi connectivity index (χ3v) is 6.39. The van der Waals surface area contributed by atoms with Crippen LogP contribution in [0, 0.1) is 0 Å². The van der Waals surface area contributed by atoms with E-state index in [1.165, 1.54) is 27.4 Å². The molecule has 3 aromatic carbocycles. The van der Waals surface area contributed by atoms with Crippen LogP contribution in [0.25, 0.3) is 22.3 Å². The van der Waals surface area contributed by atoms with Gasteiger partial charge in [-0.15, -0.1) is 0 Å². The summed E-state index contributed by atoms with van der Waals surface area (Å²) in [6, 6.07) is 7.99. The van der Waals surface area contributed by atoms with Crippen LogP contribution in [-0.2, 0) is 4.79 Å². The molecule has 1 aromatic heterocycles. The van der Waals surface area contributed by atoms with Crippen LogP contribution in [0.4, 0.5) is 0 Å². The highest BCUT2D eigenvalue weighted by Crippen LogP contribution is 2.49. The largest absolute Gasteiger partial charge is 0.507 e. The third-order valence-electron chi connectivity index (χ3n) is 6.39. The van der Waals surface area contributed by atoms with Crippen molar-refractivity contribution in [2.24, 2.45) is 0 Å². The average Bonchev–Trinajstić information content (AvgIpc) is 2.90. The molecule has 0 spiro atoms. The molecule has 0 aliphatic carbocycles. The Hall–Kier alpha value is -5.06. The highest BCUT2D eigenvalue weighted by molar-refractivity contribution is 5.94. The second kappa shape index (κ2) is 9.11. The van der Waals surface area contributed by atoms with Crippen molar-refractivity contribution in [1.82, 2.24) is 0 Å². The van der Waals surface area contributed by atoms with Gasteiger partial charge in [0.25, 0.3) is 0 Å². The molecule has 0 amide bonds. The van der Waals surface area contributed by atoms with Gasteiger partial charge in [-0.05, 0) is 35.9 Å². The number of rotatable bonds is 5. The minimum atomic E-state index is -0.949. The lowest BCUT2D eigenvalue weighted by Crippen LogP contribution is -2.22. The van der Waals surface area contributed by atoms with Crippen molar-refractivity contribution in [2.45, 2.75) is 12.3 Å². The van der Waals surface area contributed by atoms with Crippen LogP contribution in [0.1, 0.15) is 23.5 Å². The van der Waals surface area contributed by atoms with Crippen molar-refractivity contribution >= 4 is 16.9 Å². The first-order valence-corrected chi connectivity index (χ1v) is 11.3. The van der Waals surface area contributed by atoms with Crippen LogP contribution >= 0.6 is 0 Å². The Morgan fingerprint density at radius 3 is 2.13 bits per heavy atom. The van der Waals surface area contributed by atoms with E-state index in [4.69, 9.17) is 23.4 Å². The second-order valence-electron chi connectivity index (χ2n) is 8.51. The van der Waals surface area contributed by atoms with E-state index in [-0.39, 0.29) is 40.0 Å². The molecule has 0 bridgehead atoms. The summed E-state index contributed by atoms with van der Waals surface area (Å²) < 4.78 is 27.7. The predicted molar refractivity (Wildman–Crippen MR) is 133 cm³/mol. The summed E-state index contributed by atoms with van der Waals surface area (Å²) in [6.45, 7) is 0. The number of ether oxygens (including phenoxy) is 4. The molecule has 1 aliphatic heterocycles. The topological polar surface area (TPSA) is 165 Å². The molecule has 5 rings (SSSR count). The van der Waals surface area contributed by atoms with Gasteiger partial charge >= 0.3 is 5.97 Å². The van der Waals surface area contributed by atoms with Gasteiger partial charge in [0.05, 0.1) is 27.8 Å². The monoisotopic (exact) mass is 522 g/mol. The van der Waals surface area contributed by atoms with E-state index in [1.54, 1.807) is 12.1 Å². The number of methoxy groups -OCH3 is 3. The van der Waals surface area contributed by atoms with Gasteiger partial charge in [0.2, 0.25) is 16.9 Å². The van der Waals surface area contributed by atoms with Crippen LogP contribution in [0.2, 0.25) is 0 Å². The standard InChI is InChI=1S/C27H22O11/c1-34-18-7-12(8-19(35-2)26(18)36-3)13-9-20(31)37-17-10-16(30)22-23(32)24(33)25(38-27(22)21(13)17)11-4-5-14(28)15(29)6-11/h4-8,10,13,28-30,33H,9H2,1-3H3/t13-/m0/s1. The summed E-state index contributed by atoms with van der Waals surface area (Å²) in [6.07, 6.45) is -0.161. The summed E-state index contributed by atoms with van der Waals surface area (Å²) >= 11 is 0. The van der Waals surface area contributed by atoms with Crippen LogP contribution in [-0.4, -0.2) is 47.7 Å². The van der Waals surface area contributed by atoms with Crippen LogP contribution < -0.4 is 24.4 Å². The fraction of sp³-hybridized carbons (Fsp3) is 0.185. The Kier molecular flexibility index (Phi) is 5.90. The first-order valence-electron chi connectivity index (χ1n) is 11.3. The fourth-order valence-electron chi connectivity index (χ4n) is 4.63. The minimum Gasteiger partial charge on any atom is -0.507 e. The summed E-state index contributed by atoms with van der Waals surface area (Å²) in [5.41, 5.74) is -0.228. The fourth-order valence-corrected chi connectivity index (χ4v) is 4.63. The number of carbonyl (C=O) groups excluding carboxylic acids is 1. The smallest absolute Gasteiger partial charge is 0.312 e. The normalized spacial score (nSPS) is 14.6. The quantitative estimate of drug-likeness (QED) is 0.171.